The zero-order valence-electron chi connectivity index (χ0n) is 9.77. The van der Waals surface area contributed by atoms with Crippen LogP contribution in [-0.4, -0.2) is 33.5 Å². The number of fused-ring (bicyclic) bond motifs is 1. The summed E-state index contributed by atoms with van der Waals surface area (Å²) in [5.74, 6) is -0.0312. The Morgan fingerprint density at radius 1 is 1.50 bits per heavy atom. The van der Waals surface area contributed by atoms with Crippen LogP contribution < -0.4 is 11.1 Å². The van der Waals surface area contributed by atoms with Gasteiger partial charge in [0.15, 0.2) is 5.65 Å². The van der Waals surface area contributed by atoms with E-state index < -0.39 is 0 Å². The number of hydrogen-bond acceptors (Lipinski definition) is 4. The normalized spacial score (nSPS) is 10.8. The third-order valence-electron chi connectivity index (χ3n) is 2.47. The second-order valence-electron chi connectivity index (χ2n) is 3.82. The molecule has 2 aromatic rings. The van der Waals surface area contributed by atoms with E-state index in [1.165, 1.54) is 0 Å². The van der Waals surface area contributed by atoms with Crippen LogP contribution in [0.4, 0.5) is 0 Å². The molecule has 2 aromatic heterocycles. The van der Waals surface area contributed by atoms with Gasteiger partial charge >= 0.3 is 0 Å². The fraction of sp³-hybridized carbons (Fsp3) is 0.364. The molecule has 0 atom stereocenters. The van der Waals surface area contributed by atoms with E-state index in [4.69, 9.17) is 17.3 Å². The lowest BCUT2D eigenvalue weighted by molar-refractivity contribution is -0.121. The Kier molecular flexibility index (Phi) is 4.11. The minimum atomic E-state index is -0.0312. The first-order valence-corrected chi connectivity index (χ1v) is 6.01. The summed E-state index contributed by atoms with van der Waals surface area (Å²) in [5.41, 5.74) is 6.76. The molecule has 2 heterocycles. The van der Waals surface area contributed by atoms with Gasteiger partial charge in [-0.2, -0.15) is 0 Å². The average molecular weight is 268 g/mol. The van der Waals surface area contributed by atoms with Gasteiger partial charge in [-0.25, -0.2) is 9.97 Å². The largest absolute Gasteiger partial charge is 0.355 e. The number of carbonyl (C=O) groups is 1. The molecule has 96 valence electrons. The Morgan fingerprint density at radius 2 is 2.33 bits per heavy atom. The van der Waals surface area contributed by atoms with Crippen LogP contribution in [0.2, 0.25) is 5.02 Å². The number of aromatic nitrogens is 3. The molecule has 0 aliphatic rings. The van der Waals surface area contributed by atoms with E-state index in [1.807, 2.05) is 4.57 Å². The van der Waals surface area contributed by atoms with Gasteiger partial charge in [0.1, 0.15) is 5.52 Å². The van der Waals surface area contributed by atoms with Crippen LogP contribution in [-0.2, 0) is 11.3 Å². The van der Waals surface area contributed by atoms with Gasteiger partial charge in [-0.05, 0) is 6.07 Å². The highest BCUT2D eigenvalue weighted by molar-refractivity contribution is 6.31. The van der Waals surface area contributed by atoms with Crippen LogP contribution in [0.5, 0.6) is 0 Å². The first-order chi connectivity index (χ1) is 8.70. The van der Waals surface area contributed by atoms with Crippen LogP contribution in [0.25, 0.3) is 11.2 Å². The standard InChI is InChI=1S/C11H14ClN5O/c12-8-5-9-11(15-6-8)17(7-16-9)4-1-10(18)14-3-2-13/h5-7H,1-4,13H2,(H,14,18). The van der Waals surface area contributed by atoms with Crippen molar-refractivity contribution in [3.8, 4) is 0 Å². The molecule has 6 nitrogen and oxygen atoms in total. The average Bonchev–Trinajstić information content (AvgIpc) is 2.76. The Bertz CT molecular complexity index is 553. The van der Waals surface area contributed by atoms with Gasteiger partial charge in [-0.15, -0.1) is 0 Å². The maximum Gasteiger partial charge on any atom is 0.221 e. The molecular formula is C11H14ClN5O. The quantitative estimate of drug-likeness (QED) is 0.828. The first-order valence-electron chi connectivity index (χ1n) is 5.64. The zero-order chi connectivity index (χ0) is 13.0. The van der Waals surface area contributed by atoms with E-state index in [2.05, 4.69) is 15.3 Å². The highest BCUT2D eigenvalue weighted by Gasteiger charge is 2.06. The van der Waals surface area contributed by atoms with Gasteiger partial charge in [0.05, 0.1) is 11.3 Å². The summed E-state index contributed by atoms with van der Waals surface area (Å²) in [5, 5.41) is 3.26. The Hall–Kier alpha value is -1.66. The summed E-state index contributed by atoms with van der Waals surface area (Å²) in [6.07, 6.45) is 3.59. The van der Waals surface area contributed by atoms with Crippen molar-refractivity contribution in [2.75, 3.05) is 13.1 Å². The molecule has 7 heteroatoms. The highest BCUT2D eigenvalue weighted by Crippen LogP contribution is 2.15. The van der Waals surface area contributed by atoms with Gasteiger partial charge < -0.3 is 15.6 Å². The van der Waals surface area contributed by atoms with E-state index >= 15 is 0 Å². The molecule has 0 saturated heterocycles. The number of nitrogens with two attached hydrogens (primary N) is 1. The number of nitrogens with zero attached hydrogens (tertiary/aromatic N) is 3. The fourth-order valence-electron chi connectivity index (χ4n) is 1.61. The molecular weight excluding hydrogens is 254 g/mol. The van der Waals surface area contributed by atoms with Gasteiger partial charge in [0.25, 0.3) is 0 Å². The number of halogens is 1. The van der Waals surface area contributed by atoms with Crippen molar-refractivity contribution in [3.05, 3.63) is 23.6 Å². The summed E-state index contributed by atoms with van der Waals surface area (Å²) in [6.45, 7) is 1.47. The van der Waals surface area contributed by atoms with Gasteiger partial charge in [-0.1, -0.05) is 11.6 Å². The smallest absolute Gasteiger partial charge is 0.221 e. The lowest BCUT2D eigenvalue weighted by Gasteiger charge is -2.04. The predicted octanol–water partition coefficient (Wildman–Crippen LogP) is 0.550. The predicted molar refractivity (Wildman–Crippen MR) is 69.2 cm³/mol. The highest BCUT2D eigenvalue weighted by atomic mass is 35.5. The lowest BCUT2D eigenvalue weighted by atomic mass is 10.4. The number of hydrogen-bond donors (Lipinski definition) is 2. The summed E-state index contributed by atoms with van der Waals surface area (Å²) in [6, 6.07) is 1.74. The monoisotopic (exact) mass is 267 g/mol. The topological polar surface area (TPSA) is 85.8 Å². The number of pyridine rings is 1. The van der Waals surface area contributed by atoms with Crippen molar-refractivity contribution < 1.29 is 4.79 Å². The number of amides is 1. The number of aryl methyl sites for hydroxylation is 1. The molecule has 0 aromatic carbocycles. The molecule has 2 rings (SSSR count). The molecule has 3 N–H and O–H groups in total. The molecule has 0 radical (unpaired) electrons. The van der Waals surface area contributed by atoms with Crippen molar-refractivity contribution in [2.45, 2.75) is 13.0 Å². The van der Waals surface area contributed by atoms with Crippen molar-refractivity contribution in [1.29, 1.82) is 0 Å². The Morgan fingerprint density at radius 3 is 3.11 bits per heavy atom. The number of nitrogens with one attached hydrogen (secondary N) is 1. The Labute approximate surface area is 109 Å². The van der Waals surface area contributed by atoms with Gasteiger partial charge in [-0.3, -0.25) is 4.79 Å². The van der Waals surface area contributed by atoms with Crippen molar-refractivity contribution in [1.82, 2.24) is 19.9 Å². The summed E-state index contributed by atoms with van der Waals surface area (Å²) in [7, 11) is 0. The Balaban J connectivity index is 2.02. The fourth-order valence-corrected chi connectivity index (χ4v) is 1.76. The van der Waals surface area contributed by atoms with E-state index in [1.54, 1.807) is 18.6 Å². The van der Waals surface area contributed by atoms with Crippen LogP contribution >= 0.6 is 11.6 Å². The SMILES string of the molecule is NCCNC(=O)CCn1cnc2cc(Cl)cnc21. The maximum atomic E-state index is 11.4. The zero-order valence-corrected chi connectivity index (χ0v) is 10.5. The van der Waals surface area contributed by atoms with Crippen LogP contribution in [0.3, 0.4) is 0 Å². The van der Waals surface area contributed by atoms with Crippen molar-refractivity contribution >= 4 is 28.7 Å². The molecule has 0 unspecified atom stereocenters. The number of rotatable bonds is 5. The second kappa shape index (κ2) is 5.79. The van der Waals surface area contributed by atoms with E-state index in [-0.39, 0.29) is 5.91 Å². The van der Waals surface area contributed by atoms with Crippen LogP contribution in [0.1, 0.15) is 6.42 Å². The summed E-state index contributed by atoms with van der Waals surface area (Å²) in [4.78, 5) is 19.8. The molecule has 0 aliphatic heterocycles. The summed E-state index contributed by atoms with van der Waals surface area (Å²) < 4.78 is 1.83. The minimum absolute atomic E-state index is 0.0312. The number of imidazole rings is 1. The molecule has 0 aliphatic carbocycles. The molecule has 18 heavy (non-hydrogen) atoms. The maximum absolute atomic E-state index is 11.4. The summed E-state index contributed by atoms with van der Waals surface area (Å²) >= 11 is 5.82. The van der Waals surface area contributed by atoms with Gasteiger partial charge in [0, 0.05) is 32.3 Å². The molecule has 0 fully saturated rings. The second-order valence-corrected chi connectivity index (χ2v) is 4.26. The van der Waals surface area contributed by atoms with E-state index in [9.17, 15) is 4.79 Å². The van der Waals surface area contributed by atoms with E-state index in [0.29, 0.717) is 31.1 Å². The number of carbonyl (C=O) groups excluding carboxylic acids is 1. The van der Waals surface area contributed by atoms with Crippen molar-refractivity contribution in [3.63, 3.8) is 0 Å². The lowest BCUT2D eigenvalue weighted by Crippen LogP contribution is -2.29. The molecule has 0 saturated carbocycles. The molecule has 0 bridgehead atoms. The minimum Gasteiger partial charge on any atom is -0.355 e. The molecule has 1 amide bonds. The third-order valence-corrected chi connectivity index (χ3v) is 2.68. The first kappa shape index (κ1) is 12.8. The van der Waals surface area contributed by atoms with Crippen LogP contribution in [0, 0.1) is 0 Å². The van der Waals surface area contributed by atoms with Gasteiger partial charge in [0.2, 0.25) is 5.91 Å². The third kappa shape index (κ3) is 2.96. The van der Waals surface area contributed by atoms with E-state index in [0.717, 1.165) is 11.2 Å². The van der Waals surface area contributed by atoms with Crippen molar-refractivity contribution in [2.24, 2.45) is 5.73 Å². The molecule has 0 spiro atoms. The van der Waals surface area contributed by atoms with Crippen LogP contribution in [0.15, 0.2) is 18.6 Å².